The number of nitrogens with zero attached hydrogens (tertiary/aromatic N) is 1. The first-order valence-electron chi connectivity index (χ1n) is 5.55. The summed E-state index contributed by atoms with van der Waals surface area (Å²) in [5.74, 6) is 2.59. The Labute approximate surface area is 92.8 Å². The molecule has 0 aliphatic rings. The fourth-order valence-corrected chi connectivity index (χ4v) is 1.24. The molecule has 0 N–H and O–H groups in total. The van der Waals surface area contributed by atoms with Crippen LogP contribution in [0.1, 0.15) is 33.1 Å². The number of hydrogen-bond acceptors (Lipinski definition) is 2. The number of amides is 1. The molecular weight excluding hydrogens is 190 g/mol. The Morgan fingerprint density at radius 1 is 1.33 bits per heavy atom. The van der Waals surface area contributed by atoms with Gasteiger partial charge in [0.1, 0.15) is 0 Å². The summed E-state index contributed by atoms with van der Waals surface area (Å²) in [5, 5.41) is 0. The molecule has 0 saturated carbocycles. The van der Waals surface area contributed by atoms with Crippen molar-refractivity contribution in [3.05, 3.63) is 0 Å². The van der Waals surface area contributed by atoms with Crippen molar-refractivity contribution >= 4 is 5.91 Å². The number of rotatable bonds is 8. The van der Waals surface area contributed by atoms with E-state index in [9.17, 15) is 4.79 Å². The molecule has 0 aliphatic carbocycles. The Hall–Kier alpha value is -1.01. The van der Waals surface area contributed by atoms with E-state index in [1.165, 1.54) is 0 Å². The molecule has 0 saturated heterocycles. The van der Waals surface area contributed by atoms with Gasteiger partial charge < -0.3 is 9.64 Å². The van der Waals surface area contributed by atoms with E-state index in [0.29, 0.717) is 19.6 Å². The number of ether oxygens (including phenoxy) is 1. The van der Waals surface area contributed by atoms with Crippen LogP contribution in [0.5, 0.6) is 0 Å². The van der Waals surface area contributed by atoms with Gasteiger partial charge in [0.15, 0.2) is 0 Å². The second-order valence-corrected chi connectivity index (χ2v) is 3.38. The van der Waals surface area contributed by atoms with Gasteiger partial charge in [-0.25, -0.2) is 0 Å². The van der Waals surface area contributed by atoms with Crippen molar-refractivity contribution in [1.82, 2.24) is 4.90 Å². The van der Waals surface area contributed by atoms with Gasteiger partial charge in [0.05, 0.1) is 19.6 Å². The third kappa shape index (κ3) is 6.98. The molecule has 0 fully saturated rings. The summed E-state index contributed by atoms with van der Waals surface area (Å²) in [6.45, 7) is 6.43. The molecule has 3 heteroatoms. The lowest BCUT2D eigenvalue weighted by atomic mass is 10.3. The van der Waals surface area contributed by atoms with Crippen LogP contribution < -0.4 is 0 Å². The first-order chi connectivity index (χ1) is 7.26. The van der Waals surface area contributed by atoms with E-state index in [0.717, 1.165) is 26.0 Å². The summed E-state index contributed by atoms with van der Waals surface area (Å²) >= 11 is 0. The van der Waals surface area contributed by atoms with Crippen molar-refractivity contribution < 1.29 is 9.53 Å². The molecule has 15 heavy (non-hydrogen) atoms. The van der Waals surface area contributed by atoms with Crippen LogP contribution in [-0.2, 0) is 9.53 Å². The molecular formula is C12H21NO2. The van der Waals surface area contributed by atoms with Gasteiger partial charge in [-0.15, -0.1) is 6.42 Å². The molecule has 1 amide bonds. The SMILES string of the molecule is C#CCN(CCC)C(=O)CCOCCC. The maximum atomic E-state index is 11.6. The van der Waals surface area contributed by atoms with Gasteiger partial charge in [-0.1, -0.05) is 19.8 Å². The molecule has 0 rings (SSSR count). The fraction of sp³-hybridized carbons (Fsp3) is 0.750. The van der Waals surface area contributed by atoms with Crippen molar-refractivity contribution in [2.24, 2.45) is 0 Å². The van der Waals surface area contributed by atoms with Gasteiger partial charge in [-0.05, 0) is 12.8 Å². The molecule has 3 nitrogen and oxygen atoms in total. The molecule has 0 aromatic rings. The quantitative estimate of drug-likeness (QED) is 0.451. The zero-order valence-electron chi connectivity index (χ0n) is 9.79. The van der Waals surface area contributed by atoms with Crippen LogP contribution in [0.3, 0.4) is 0 Å². The third-order valence-electron chi connectivity index (χ3n) is 1.94. The van der Waals surface area contributed by atoms with Crippen LogP contribution in [0.2, 0.25) is 0 Å². The molecule has 0 heterocycles. The monoisotopic (exact) mass is 211 g/mol. The Morgan fingerprint density at radius 3 is 2.60 bits per heavy atom. The highest BCUT2D eigenvalue weighted by Crippen LogP contribution is 1.97. The first-order valence-corrected chi connectivity index (χ1v) is 5.55. The first kappa shape index (κ1) is 14.0. The van der Waals surface area contributed by atoms with Gasteiger partial charge in [-0.2, -0.15) is 0 Å². The van der Waals surface area contributed by atoms with Gasteiger partial charge in [0.25, 0.3) is 0 Å². The van der Waals surface area contributed by atoms with Crippen LogP contribution >= 0.6 is 0 Å². The number of hydrogen-bond donors (Lipinski definition) is 0. The van der Waals surface area contributed by atoms with Crippen molar-refractivity contribution in [2.45, 2.75) is 33.1 Å². The predicted octanol–water partition coefficient (Wildman–Crippen LogP) is 1.67. The molecule has 86 valence electrons. The molecule has 0 unspecified atom stereocenters. The second kappa shape index (κ2) is 9.54. The van der Waals surface area contributed by atoms with Gasteiger partial charge >= 0.3 is 0 Å². The van der Waals surface area contributed by atoms with E-state index >= 15 is 0 Å². The zero-order valence-corrected chi connectivity index (χ0v) is 9.79. The maximum Gasteiger partial charge on any atom is 0.225 e. The summed E-state index contributed by atoms with van der Waals surface area (Å²) in [6.07, 6.45) is 7.55. The Balaban J connectivity index is 3.77. The van der Waals surface area contributed by atoms with Gasteiger partial charge in [-0.3, -0.25) is 4.79 Å². The average Bonchev–Trinajstić information content (AvgIpc) is 2.24. The smallest absolute Gasteiger partial charge is 0.225 e. The molecule has 0 aliphatic heterocycles. The van der Waals surface area contributed by atoms with Crippen LogP contribution in [0.4, 0.5) is 0 Å². The highest BCUT2D eigenvalue weighted by Gasteiger charge is 2.10. The topological polar surface area (TPSA) is 29.5 Å². The minimum absolute atomic E-state index is 0.0888. The molecule has 0 aromatic carbocycles. The summed E-state index contributed by atoms with van der Waals surface area (Å²) in [5.41, 5.74) is 0. The lowest BCUT2D eigenvalue weighted by Crippen LogP contribution is -2.32. The van der Waals surface area contributed by atoms with E-state index in [4.69, 9.17) is 11.2 Å². The van der Waals surface area contributed by atoms with E-state index < -0.39 is 0 Å². The van der Waals surface area contributed by atoms with Crippen LogP contribution in [0, 0.1) is 12.3 Å². The second-order valence-electron chi connectivity index (χ2n) is 3.38. The Bertz CT molecular complexity index is 208. The van der Waals surface area contributed by atoms with Crippen LogP contribution in [0.15, 0.2) is 0 Å². The molecule has 0 spiro atoms. The molecule has 0 atom stereocenters. The van der Waals surface area contributed by atoms with Crippen molar-refractivity contribution in [2.75, 3.05) is 26.3 Å². The largest absolute Gasteiger partial charge is 0.381 e. The standard InChI is InChI=1S/C12H21NO2/c1-4-8-13(9-5-2)12(14)7-11-15-10-6-3/h1H,5-11H2,2-3H3. The highest BCUT2D eigenvalue weighted by molar-refractivity contribution is 5.76. The summed E-state index contributed by atoms with van der Waals surface area (Å²) in [6, 6.07) is 0. The van der Waals surface area contributed by atoms with Crippen LogP contribution in [-0.4, -0.2) is 37.1 Å². The predicted molar refractivity (Wildman–Crippen MR) is 61.4 cm³/mol. The lowest BCUT2D eigenvalue weighted by molar-refractivity contribution is -0.131. The normalized spacial score (nSPS) is 9.67. The highest BCUT2D eigenvalue weighted by atomic mass is 16.5. The van der Waals surface area contributed by atoms with Crippen LogP contribution in [0.25, 0.3) is 0 Å². The lowest BCUT2D eigenvalue weighted by Gasteiger charge is -2.19. The minimum atomic E-state index is 0.0888. The average molecular weight is 211 g/mol. The molecule has 0 bridgehead atoms. The van der Waals surface area contributed by atoms with Gasteiger partial charge in [0, 0.05) is 13.2 Å². The minimum Gasteiger partial charge on any atom is -0.381 e. The van der Waals surface area contributed by atoms with Crippen molar-refractivity contribution in [3.63, 3.8) is 0 Å². The number of terminal acetylenes is 1. The van der Waals surface area contributed by atoms with E-state index in [1.54, 1.807) is 4.90 Å². The maximum absolute atomic E-state index is 11.6. The Morgan fingerprint density at radius 2 is 2.07 bits per heavy atom. The van der Waals surface area contributed by atoms with E-state index in [1.807, 2.05) is 13.8 Å². The number of carbonyl (C=O) groups is 1. The van der Waals surface area contributed by atoms with Crippen molar-refractivity contribution in [3.8, 4) is 12.3 Å². The fourth-order valence-electron chi connectivity index (χ4n) is 1.24. The molecule has 0 radical (unpaired) electrons. The third-order valence-corrected chi connectivity index (χ3v) is 1.94. The Kier molecular flexibility index (Phi) is 8.90. The number of carbonyl (C=O) groups excluding carboxylic acids is 1. The summed E-state index contributed by atoms with van der Waals surface area (Å²) in [7, 11) is 0. The van der Waals surface area contributed by atoms with E-state index in [2.05, 4.69) is 5.92 Å². The zero-order chi connectivity index (χ0) is 11.5. The van der Waals surface area contributed by atoms with E-state index in [-0.39, 0.29) is 5.91 Å². The summed E-state index contributed by atoms with van der Waals surface area (Å²) < 4.78 is 5.26. The molecule has 0 aromatic heterocycles. The van der Waals surface area contributed by atoms with Gasteiger partial charge in [0.2, 0.25) is 5.91 Å². The summed E-state index contributed by atoms with van der Waals surface area (Å²) in [4.78, 5) is 13.3. The van der Waals surface area contributed by atoms with Crippen molar-refractivity contribution in [1.29, 1.82) is 0 Å².